The summed E-state index contributed by atoms with van der Waals surface area (Å²) in [5.41, 5.74) is 7.67. The first kappa shape index (κ1) is 19.1. The molecule has 7 heteroatoms. The molecule has 0 unspecified atom stereocenters. The number of nitrogens with one attached hydrogen (secondary N) is 1. The molecular weight excluding hydrogens is 336 g/mol. The molecule has 0 aliphatic carbocycles. The number of rotatable bonds is 6. The second kappa shape index (κ2) is 8.77. The maximum Gasteiger partial charge on any atom is 0.308 e. The summed E-state index contributed by atoms with van der Waals surface area (Å²) in [6.07, 6.45) is 0. The van der Waals surface area contributed by atoms with Crippen molar-refractivity contribution >= 4 is 17.8 Å². The monoisotopic (exact) mass is 356 g/mol. The Kier molecular flexibility index (Phi) is 6.46. The zero-order valence-electron chi connectivity index (χ0n) is 14.6. The van der Waals surface area contributed by atoms with Gasteiger partial charge in [-0.3, -0.25) is 14.4 Å². The topological polar surface area (TPSA) is 108 Å². The number of carbonyl (C=O) groups excluding carboxylic acids is 3. The molecule has 2 aromatic carbocycles. The number of carbonyl (C=O) groups is 3. The van der Waals surface area contributed by atoms with Gasteiger partial charge in [-0.05, 0) is 23.3 Å². The van der Waals surface area contributed by atoms with Crippen LogP contribution >= 0.6 is 0 Å². The number of hydrogen-bond acceptors (Lipinski definition) is 6. The van der Waals surface area contributed by atoms with Crippen LogP contribution in [0, 0.1) is 0 Å². The summed E-state index contributed by atoms with van der Waals surface area (Å²) in [7, 11) is 0. The lowest BCUT2D eigenvalue weighted by Crippen LogP contribution is -2.23. The molecule has 1 amide bonds. The fourth-order valence-electron chi connectivity index (χ4n) is 2.23. The van der Waals surface area contributed by atoms with Gasteiger partial charge < -0.3 is 20.5 Å². The Morgan fingerprint density at radius 2 is 1.38 bits per heavy atom. The molecule has 3 N–H and O–H groups in total. The molecule has 26 heavy (non-hydrogen) atoms. The van der Waals surface area contributed by atoms with Gasteiger partial charge in [0.1, 0.15) is 11.5 Å². The maximum atomic E-state index is 12.4. The Morgan fingerprint density at radius 1 is 0.885 bits per heavy atom. The first-order valence-electron chi connectivity index (χ1n) is 7.95. The van der Waals surface area contributed by atoms with E-state index in [0.29, 0.717) is 13.1 Å². The highest BCUT2D eigenvalue weighted by Gasteiger charge is 2.12. The Balaban J connectivity index is 2.14. The molecule has 0 heterocycles. The van der Waals surface area contributed by atoms with Crippen LogP contribution in [0.25, 0.3) is 0 Å². The highest BCUT2D eigenvalue weighted by molar-refractivity contribution is 5.95. The number of esters is 2. The minimum atomic E-state index is -0.545. The molecular formula is C19H20N2O5. The number of amides is 1. The molecule has 0 aliphatic rings. The van der Waals surface area contributed by atoms with Gasteiger partial charge in [-0.25, -0.2) is 0 Å². The summed E-state index contributed by atoms with van der Waals surface area (Å²) in [6, 6.07) is 11.7. The summed E-state index contributed by atoms with van der Waals surface area (Å²) < 4.78 is 9.99. The normalized spacial score (nSPS) is 10.1. The van der Waals surface area contributed by atoms with Gasteiger partial charge in [0.2, 0.25) is 0 Å². The van der Waals surface area contributed by atoms with E-state index in [1.165, 1.54) is 32.0 Å². The van der Waals surface area contributed by atoms with Crippen molar-refractivity contribution in [3.8, 4) is 11.5 Å². The highest BCUT2D eigenvalue weighted by atomic mass is 16.5. The highest BCUT2D eigenvalue weighted by Crippen LogP contribution is 2.23. The van der Waals surface area contributed by atoms with Crippen LogP contribution in [-0.2, 0) is 22.7 Å². The van der Waals surface area contributed by atoms with Crippen LogP contribution in [0.3, 0.4) is 0 Å². The van der Waals surface area contributed by atoms with Crippen molar-refractivity contribution in [2.24, 2.45) is 5.73 Å². The average Bonchev–Trinajstić information content (AvgIpc) is 2.58. The summed E-state index contributed by atoms with van der Waals surface area (Å²) >= 11 is 0. The van der Waals surface area contributed by atoms with Gasteiger partial charge in [0, 0.05) is 38.6 Å². The van der Waals surface area contributed by atoms with Crippen LogP contribution in [0.4, 0.5) is 0 Å². The quantitative estimate of drug-likeness (QED) is 0.605. The van der Waals surface area contributed by atoms with E-state index in [2.05, 4.69) is 5.32 Å². The van der Waals surface area contributed by atoms with E-state index < -0.39 is 17.8 Å². The zero-order valence-corrected chi connectivity index (χ0v) is 14.6. The summed E-state index contributed by atoms with van der Waals surface area (Å²) in [6.45, 7) is 3.24. The average molecular weight is 356 g/mol. The number of hydrogen-bond donors (Lipinski definition) is 2. The van der Waals surface area contributed by atoms with Crippen molar-refractivity contribution in [1.82, 2.24) is 5.32 Å². The largest absolute Gasteiger partial charge is 0.427 e. The molecule has 0 saturated heterocycles. The van der Waals surface area contributed by atoms with Gasteiger partial charge in [0.05, 0.1) is 0 Å². The molecule has 0 aromatic heterocycles. The molecule has 0 bridgehead atoms. The number of nitrogens with two attached hydrogens (primary N) is 1. The van der Waals surface area contributed by atoms with E-state index in [9.17, 15) is 14.4 Å². The molecule has 0 fully saturated rings. The standard InChI is InChI=1S/C19H20N2O5/c1-12(22)25-17-7-16(8-18(9-17)26-13(2)23)19(24)21-11-15-5-3-14(10-20)4-6-15/h3-9H,10-11,20H2,1-2H3,(H,21,24). The molecule has 0 saturated carbocycles. The van der Waals surface area contributed by atoms with Gasteiger partial charge in [0.25, 0.3) is 5.91 Å². The van der Waals surface area contributed by atoms with Crippen LogP contribution in [0.2, 0.25) is 0 Å². The number of ether oxygens (including phenoxy) is 2. The van der Waals surface area contributed by atoms with E-state index in [1.807, 2.05) is 24.3 Å². The van der Waals surface area contributed by atoms with E-state index in [-0.39, 0.29) is 17.1 Å². The molecule has 7 nitrogen and oxygen atoms in total. The molecule has 0 atom stereocenters. The lowest BCUT2D eigenvalue weighted by atomic mass is 10.1. The van der Waals surface area contributed by atoms with Crippen LogP contribution in [-0.4, -0.2) is 17.8 Å². The van der Waals surface area contributed by atoms with E-state index in [1.54, 1.807) is 0 Å². The van der Waals surface area contributed by atoms with Gasteiger partial charge >= 0.3 is 11.9 Å². The van der Waals surface area contributed by atoms with Crippen molar-refractivity contribution in [2.75, 3.05) is 0 Å². The van der Waals surface area contributed by atoms with Crippen molar-refractivity contribution in [3.63, 3.8) is 0 Å². The smallest absolute Gasteiger partial charge is 0.308 e. The molecule has 0 aliphatic heterocycles. The van der Waals surface area contributed by atoms with Crippen molar-refractivity contribution in [2.45, 2.75) is 26.9 Å². The van der Waals surface area contributed by atoms with Crippen LogP contribution in [0.1, 0.15) is 35.3 Å². The molecule has 0 radical (unpaired) electrons. The molecule has 2 aromatic rings. The van der Waals surface area contributed by atoms with Gasteiger partial charge in [0.15, 0.2) is 0 Å². The van der Waals surface area contributed by atoms with E-state index in [0.717, 1.165) is 11.1 Å². The fourth-order valence-corrected chi connectivity index (χ4v) is 2.23. The molecule has 0 spiro atoms. The zero-order chi connectivity index (χ0) is 19.1. The second-order valence-corrected chi connectivity index (χ2v) is 5.58. The van der Waals surface area contributed by atoms with Gasteiger partial charge in [-0.15, -0.1) is 0 Å². The van der Waals surface area contributed by atoms with Crippen molar-refractivity contribution in [1.29, 1.82) is 0 Å². The SMILES string of the molecule is CC(=O)Oc1cc(OC(C)=O)cc(C(=O)NCc2ccc(CN)cc2)c1. The summed E-state index contributed by atoms with van der Waals surface area (Å²) in [5.74, 6) is -1.25. The molecule has 2 rings (SSSR count). The second-order valence-electron chi connectivity index (χ2n) is 5.58. The third kappa shape index (κ3) is 5.71. The lowest BCUT2D eigenvalue weighted by molar-refractivity contribution is -0.132. The minimum Gasteiger partial charge on any atom is -0.427 e. The third-order valence-corrected chi connectivity index (χ3v) is 3.38. The lowest BCUT2D eigenvalue weighted by Gasteiger charge is -2.10. The van der Waals surface area contributed by atoms with Crippen molar-refractivity contribution < 1.29 is 23.9 Å². The first-order valence-corrected chi connectivity index (χ1v) is 7.95. The maximum absolute atomic E-state index is 12.4. The summed E-state index contributed by atoms with van der Waals surface area (Å²) in [4.78, 5) is 34.7. The number of benzene rings is 2. The van der Waals surface area contributed by atoms with Gasteiger partial charge in [-0.2, -0.15) is 0 Å². The van der Waals surface area contributed by atoms with E-state index >= 15 is 0 Å². The Bertz CT molecular complexity index is 781. The first-order chi connectivity index (χ1) is 12.4. The van der Waals surface area contributed by atoms with Crippen LogP contribution in [0.15, 0.2) is 42.5 Å². The third-order valence-electron chi connectivity index (χ3n) is 3.38. The van der Waals surface area contributed by atoms with Crippen LogP contribution < -0.4 is 20.5 Å². The Hall–Kier alpha value is -3.19. The molecule has 136 valence electrons. The Labute approximate surface area is 151 Å². The fraction of sp³-hybridized carbons (Fsp3) is 0.211. The Morgan fingerprint density at radius 3 is 1.85 bits per heavy atom. The van der Waals surface area contributed by atoms with Crippen molar-refractivity contribution in [3.05, 3.63) is 59.2 Å². The summed E-state index contributed by atoms with van der Waals surface area (Å²) in [5, 5.41) is 2.76. The predicted octanol–water partition coefficient (Wildman–Crippen LogP) is 1.93. The van der Waals surface area contributed by atoms with Crippen LogP contribution in [0.5, 0.6) is 11.5 Å². The van der Waals surface area contributed by atoms with Gasteiger partial charge in [-0.1, -0.05) is 24.3 Å². The van der Waals surface area contributed by atoms with E-state index in [4.69, 9.17) is 15.2 Å². The minimum absolute atomic E-state index is 0.119. The predicted molar refractivity (Wildman–Crippen MR) is 94.6 cm³/mol.